The number of halogens is 1. The Morgan fingerprint density at radius 1 is 1.35 bits per heavy atom. The maximum Gasteiger partial charge on any atom is 0.339 e. The van der Waals surface area contributed by atoms with E-state index in [0.717, 1.165) is 17.9 Å². The molecule has 0 aliphatic rings. The summed E-state index contributed by atoms with van der Waals surface area (Å²) in [4.78, 5) is 10.8. The third-order valence-electron chi connectivity index (χ3n) is 3.30. The molecule has 0 aliphatic carbocycles. The molecule has 0 saturated carbocycles. The van der Waals surface area contributed by atoms with Gasteiger partial charge in [0.25, 0.3) is 10.0 Å². The Labute approximate surface area is 133 Å². The highest BCUT2D eigenvalue weighted by molar-refractivity contribution is 7.89. The van der Waals surface area contributed by atoms with Gasteiger partial charge in [-0.05, 0) is 30.5 Å². The van der Waals surface area contributed by atoms with E-state index in [1.165, 1.54) is 12.1 Å². The second-order valence-electron chi connectivity index (χ2n) is 5.02. The van der Waals surface area contributed by atoms with Crippen LogP contribution in [0.1, 0.15) is 29.3 Å². The monoisotopic (exact) mass is 341 g/mol. The molecule has 0 fully saturated rings. The van der Waals surface area contributed by atoms with Crippen LogP contribution in [0.25, 0.3) is 0 Å². The van der Waals surface area contributed by atoms with Crippen LogP contribution in [0.2, 0.25) is 0 Å². The summed E-state index contributed by atoms with van der Waals surface area (Å²) < 4.78 is 44.6. The molecule has 0 radical (unpaired) electrons. The maximum absolute atomic E-state index is 12.9. The van der Waals surface area contributed by atoms with Crippen molar-refractivity contribution in [2.75, 3.05) is 0 Å². The third kappa shape index (κ3) is 4.40. The summed E-state index contributed by atoms with van der Waals surface area (Å²) in [5.74, 6) is -1.63. The second kappa shape index (κ2) is 6.93. The Hall–Kier alpha value is -2.19. The molecule has 2 aromatic rings. The van der Waals surface area contributed by atoms with Crippen molar-refractivity contribution in [2.24, 2.45) is 0 Å². The summed E-state index contributed by atoms with van der Waals surface area (Å²) >= 11 is 0. The molecule has 0 amide bonds. The largest absolute Gasteiger partial charge is 0.478 e. The highest BCUT2D eigenvalue weighted by Gasteiger charge is 2.24. The number of benzene rings is 1. The van der Waals surface area contributed by atoms with E-state index in [2.05, 4.69) is 4.72 Å². The van der Waals surface area contributed by atoms with Crippen LogP contribution in [0.3, 0.4) is 0 Å². The lowest BCUT2D eigenvalue weighted by molar-refractivity contribution is 0.0696. The molecule has 1 unspecified atom stereocenters. The van der Waals surface area contributed by atoms with E-state index >= 15 is 0 Å². The normalized spacial score (nSPS) is 13.0. The molecular formula is C15H16FNO5S. The summed E-state index contributed by atoms with van der Waals surface area (Å²) in [5.41, 5.74) is 0.545. The number of carbonyl (C=O) groups is 1. The third-order valence-corrected chi connectivity index (χ3v) is 4.68. The van der Waals surface area contributed by atoms with Gasteiger partial charge in [-0.15, -0.1) is 0 Å². The summed E-state index contributed by atoms with van der Waals surface area (Å²) in [5, 5.41) is 8.35. The van der Waals surface area contributed by atoms with Gasteiger partial charge >= 0.3 is 5.97 Å². The average molecular weight is 341 g/mol. The number of carboxylic acid groups (broad SMARTS) is 1. The molecule has 0 aliphatic heterocycles. The van der Waals surface area contributed by atoms with Crippen LogP contribution in [0.5, 0.6) is 0 Å². The Balaban J connectivity index is 2.12. The molecule has 0 spiro atoms. The Bertz CT molecular complexity index is 782. The van der Waals surface area contributed by atoms with Crippen molar-refractivity contribution >= 4 is 16.0 Å². The van der Waals surface area contributed by atoms with Gasteiger partial charge in [0.2, 0.25) is 5.09 Å². The minimum atomic E-state index is -3.97. The maximum atomic E-state index is 12.9. The minimum absolute atomic E-state index is 0.239. The summed E-state index contributed by atoms with van der Waals surface area (Å²) in [6, 6.07) is 6.31. The molecule has 124 valence electrons. The average Bonchev–Trinajstić information content (AvgIpc) is 2.99. The van der Waals surface area contributed by atoms with Crippen molar-refractivity contribution in [2.45, 2.75) is 30.9 Å². The molecule has 0 bridgehead atoms. The lowest BCUT2D eigenvalue weighted by Gasteiger charge is -2.16. The van der Waals surface area contributed by atoms with Crippen molar-refractivity contribution in [1.29, 1.82) is 0 Å². The van der Waals surface area contributed by atoms with Gasteiger partial charge < -0.3 is 9.52 Å². The molecule has 2 rings (SSSR count). The van der Waals surface area contributed by atoms with E-state index in [4.69, 9.17) is 9.52 Å². The first-order valence-corrected chi connectivity index (χ1v) is 8.38. The highest BCUT2D eigenvalue weighted by Crippen LogP contribution is 2.16. The van der Waals surface area contributed by atoms with Crippen LogP contribution < -0.4 is 4.72 Å². The topological polar surface area (TPSA) is 96.6 Å². The molecule has 1 heterocycles. The van der Waals surface area contributed by atoms with Crippen molar-refractivity contribution in [3.63, 3.8) is 0 Å². The fourth-order valence-corrected chi connectivity index (χ4v) is 3.28. The zero-order valence-corrected chi connectivity index (χ0v) is 13.1. The van der Waals surface area contributed by atoms with Gasteiger partial charge in [0.05, 0.1) is 5.56 Å². The number of rotatable bonds is 7. The van der Waals surface area contributed by atoms with E-state index in [1.54, 1.807) is 12.1 Å². The predicted octanol–water partition coefficient (Wildman–Crippen LogP) is 2.42. The summed E-state index contributed by atoms with van der Waals surface area (Å²) in [6.07, 6.45) is 1.75. The summed E-state index contributed by atoms with van der Waals surface area (Å²) in [7, 11) is -3.97. The molecule has 6 nitrogen and oxygen atoms in total. The van der Waals surface area contributed by atoms with Crippen LogP contribution in [0.15, 0.2) is 46.1 Å². The highest BCUT2D eigenvalue weighted by atomic mass is 32.2. The van der Waals surface area contributed by atoms with Gasteiger partial charge in [-0.1, -0.05) is 19.1 Å². The van der Waals surface area contributed by atoms with Gasteiger partial charge in [-0.2, -0.15) is 0 Å². The van der Waals surface area contributed by atoms with Gasteiger partial charge in [0.1, 0.15) is 12.1 Å². The second-order valence-corrected chi connectivity index (χ2v) is 6.66. The lowest BCUT2D eigenvalue weighted by Crippen LogP contribution is -2.35. The molecule has 1 aromatic heterocycles. The van der Waals surface area contributed by atoms with Crippen LogP contribution in [-0.2, 0) is 16.4 Å². The molecule has 0 saturated heterocycles. The Kier molecular flexibility index (Phi) is 5.17. The standard InChI is InChI=1S/C15H16FNO5S/c1-2-13(7-10-3-5-12(16)6-4-10)17-23(20,21)14-8-11(9-22-14)15(18)19/h3-6,8-9,13,17H,2,7H2,1H3,(H,18,19). The first kappa shape index (κ1) is 17.2. The van der Waals surface area contributed by atoms with E-state index < -0.39 is 27.1 Å². The first-order chi connectivity index (χ1) is 10.8. The molecule has 8 heteroatoms. The van der Waals surface area contributed by atoms with E-state index in [-0.39, 0.29) is 11.4 Å². The van der Waals surface area contributed by atoms with Crippen molar-refractivity contribution in [3.8, 4) is 0 Å². The van der Waals surface area contributed by atoms with Crippen LogP contribution >= 0.6 is 0 Å². The molecule has 1 atom stereocenters. The van der Waals surface area contributed by atoms with Crippen LogP contribution in [0, 0.1) is 5.82 Å². The zero-order valence-electron chi connectivity index (χ0n) is 12.3. The van der Waals surface area contributed by atoms with Crippen LogP contribution in [-0.4, -0.2) is 25.5 Å². The van der Waals surface area contributed by atoms with Crippen LogP contribution in [0.4, 0.5) is 4.39 Å². The number of furan rings is 1. The first-order valence-electron chi connectivity index (χ1n) is 6.90. The van der Waals surface area contributed by atoms with Gasteiger partial charge in [-0.3, -0.25) is 0 Å². The van der Waals surface area contributed by atoms with Gasteiger partial charge in [0, 0.05) is 12.1 Å². The van der Waals surface area contributed by atoms with Gasteiger partial charge in [0.15, 0.2) is 0 Å². The zero-order chi connectivity index (χ0) is 17.0. The number of carboxylic acids is 1. The lowest BCUT2D eigenvalue weighted by atomic mass is 10.1. The molecule has 1 aromatic carbocycles. The molecule has 23 heavy (non-hydrogen) atoms. The fraction of sp³-hybridized carbons (Fsp3) is 0.267. The Morgan fingerprint density at radius 2 is 2.00 bits per heavy atom. The fourth-order valence-electron chi connectivity index (χ4n) is 2.02. The number of aromatic carboxylic acids is 1. The molecule has 2 N–H and O–H groups in total. The Morgan fingerprint density at radius 3 is 2.52 bits per heavy atom. The minimum Gasteiger partial charge on any atom is -0.478 e. The number of nitrogens with one attached hydrogen (secondary N) is 1. The number of hydrogen-bond acceptors (Lipinski definition) is 4. The summed E-state index contributed by atoms with van der Waals surface area (Å²) in [6.45, 7) is 1.81. The molecular weight excluding hydrogens is 325 g/mol. The number of sulfonamides is 1. The number of hydrogen-bond donors (Lipinski definition) is 2. The smallest absolute Gasteiger partial charge is 0.339 e. The van der Waals surface area contributed by atoms with E-state index in [0.29, 0.717) is 12.8 Å². The van der Waals surface area contributed by atoms with Crippen molar-refractivity contribution in [3.05, 3.63) is 53.5 Å². The van der Waals surface area contributed by atoms with E-state index in [9.17, 15) is 17.6 Å². The van der Waals surface area contributed by atoms with Crippen molar-refractivity contribution in [1.82, 2.24) is 4.72 Å². The SMILES string of the molecule is CCC(Cc1ccc(F)cc1)NS(=O)(=O)c1cc(C(=O)O)co1. The predicted molar refractivity (Wildman–Crippen MR) is 80.2 cm³/mol. The van der Waals surface area contributed by atoms with E-state index in [1.807, 2.05) is 6.92 Å². The quantitative estimate of drug-likeness (QED) is 0.806. The van der Waals surface area contributed by atoms with Gasteiger partial charge in [-0.25, -0.2) is 22.3 Å². The van der Waals surface area contributed by atoms with Crippen molar-refractivity contribution < 1.29 is 27.1 Å².